The minimum atomic E-state index is -0.512. The highest BCUT2D eigenvalue weighted by atomic mass is 16.5. The number of para-hydroxylation sites is 1. The molecule has 3 heteroatoms. The molecule has 0 N–H and O–H groups in total. The average Bonchev–Trinajstić information content (AvgIpc) is 3.40. The van der Waals surface area contributed by atoms with Gasteiger partial charge in [-0.3, -0.25) is 0 Å². The van der Waals surface area contributed by atoms with Crippen LogP contribution in [0, 0.1) is 0 Å². The predicted octanol–water partition coefficient (Wildman–Crippen LogP) is 9.88. The topological polar surface area (TPSA) is 35.0 Å². The van der Waals surface area contributed by atoms with Crippen molar-refractivity contribution >= 4 is 0 Å². The van der Waals surface area contributed by atoms with Crippen molar-refractivity contribution in [3.05, 3.63) is 180 Å². The van der Waals surface area contributed by atoms with Gasteiger partial charge in [-0.25, -0.2) is 9.97 Å². The first-order valence-corrected chi connectivity index (χ1v) is 15.2. The fourth-order valence-corrected chi connectivity index (χ4v) is 7.32. The molecule has 0 radical (unpaired) electrons. The Labute approximate surface area is 256 Å². The van der Waals surface area contributed by atoms with Crippen molar-refractivity contribution in [1.82, 2.24) is 9.97 Å². The Kier molecular flexibility index (Phi) is 5.54. The Bertz CT molecular complexity index is 2100. The average molecular weight is 565 g/mol. The Hall–Kier alpha value is -5.54. The monoisotopic (exact) mass is 564 g/mol. The van der Waals surface area contributed by atoms with Gasteiger partial charge in [0.05, 0.1) is 16.8 Å². The summed E-state index contributed by atoms with van der Waals surface area (Å²) in [7, 11) is 0. The second-order valence-corrected chi connectivity index (χ2v) is 11.7. The van der Waals surface area contributed by atoms with Crippen LogP contribution < -0.4 is 4.74 Å². The molecule has 1 unspecified atom stereocenters. The van der Waals surface area contributed by atoms with Gasteiger partial charge >= 0.3 is 0 Å². The highest BCUT2D eigenvalue weighted by molar-refractivity contribution is 5.89. The van der Waals surface area contributed by atoms with Crippen LogP contribution >= 0.6 is 0 Å². The molecule has 2 heterocycles. The van der Waals surface area contributed by atoms with Crippen LogP contribution in [0.3, 0.4) is 0 Å². The van der Waals surface area contributed by atoms with Crippen molar-refractivity contribution in [3.63, 3.8) is 0 Å². The molecule has 0 fully saturated rings. The number of fused-ring (bicyclic) bond motifs is 9. The molecular formula is C41H28N2O. The first-order valence-electron chi connectivity index (χ1n) is 15.2. The number of benzene rings is 5. The molecule has 0 amide bonds. The van der Waals surface area contributed by atoms with Crippen molar-refractivity contribution in [2.24, 2.45) is 0 Å². The van der Waals surface area contributed by atoms with Gasteiger partial charge in [-0.2, -0.15) is 0 Å². The lowest BCUT2D eigenvalue weighted by molar-refractivity contribution is 0.436. The smallest absolute Gasteiger partial charge is 0.136 e. The molecule has 0 saturated heterocycles. The van der Waals surface area contributed by atoms with E-state index in [2.05, 4.69) is 146 Å². The lowest BCUT2D eigenvalue weighted by atomic mass is 9.66. The van der Waals surface area contributed by atoms with Crippen LogP contribution in [0.25, 0.3) is 33.6 Å². The number of rotatable bonds is 3. The van der Waals surface area contributed by atoms with Crippen LogP contribution in [0.4, 0.5) is 0 Å². The van der Waals surface area contributed by atoms with Gasteiger partial charge < -0.3 is 4.74 Å². The molecule has 208 valence electrons. The van der Waals surface area contributed by atoms with Crippen molar-refractivity contribution in [3.8, 4) is 45.1 Å². The van der Waals surface area contributed by atoms with Gasteiger partial charge in [-0.05, 0) is 59.0 Å². The number of hydrogen-bond acceptors (Lipinski definition) is 3. The van der Waals surface area contributed by atoms with E-state index in [0.29, 0.717) is 0 Å². The van der Waals surface area contributed by atoms with Gasteiger partial charge in [-0.1, -0.05) is 121 Å². The fraction of sp³-hybridized carbons (Fsp3) is 0.0732. The maximum atomic E-state index is 6.65. The summed E-state index contributed by atoms with van der Waals surface area (Å²) in [5, 5.41) is 0. The third-order valence-corrected chi connectivity index (χ3v) is 9.27. The quantitative estimate of drug-likeness (QED) is 0.214. The molecule has 3 nitrogen and oxygen atoms in total. The molecule has 1 aliphatic heterocycles. The molecule has 1 spiro atoms. The van der Waals surface area contributed by atoms with Gasteiger partial charge in [0.2, 0.25) is 0 Å². The number of ether oxygens (including phenoxy) is 1. The molecular weight excluding hydrogens is 536 g/mol. The molecule has 44 heavy (non-hydrogen) atoms. The van der Waals surface area contributed by atoms with Gasteiger partial charge in [-0.15, -0.1) is 0 Å². The second kappa shape index (κ2) is 9.75. The van der Waals surface area contributed by atoms with Crippen molar-refractivity contribution < 1.29 is 4.74 Å². The first kappa shape index (κ1) is 25.0. The summed E-state index contributed by atoms with van der Waals surface area (Å²) in [6.07, 6.45) is 9.47. The van der Waals surface area contributed by atoms with Crippen LogP contribution in [0.15, 0.2) is 152 Å². The summed E-state index contributed by atoms with van der Waals surface area (Å²) in [4.78, 5) is 10.3. The van der Waals surface area contributed by atoms with E-state index in [4.69, 9.17) is 14.7 Å². The van der Waals surface area contributed by atoms with E-state index in [1.807, 2.05) is 6.07 Å². The van der Waals surface area contributed by atoms with E-state index in [1.165, 1.54) is 22.3 Å². The molecule has 0 bridgehead atoms. The highest BCUT2D eigenvalue weighted by Gasteiger charge is 2.51. The molecule has 2 aliphatic carbocycles. The molecule has 0 saturated carbocycles. The number of allylic oxidation sites excluding steroid dienone is 4. The zero-order chi connectivity index (χ0) is 29.1. The summed E-state index contributed by atoms with van der Waals surface area (Å²) in [6.45, 7) is 0. The van der Waals surface area contributed by atoms with Gasteiger partial charge in [0.25, 0.3) is 0 Å². The van der Waals surface area contributed by atoms with Crippen LogP contribution in [0.5, 0.6) is 11.5 Å². The third-order valence-electron chi connectivity index (χ3n) is 9.27. The SMILES string of the molecule is C1=CCC(c2nc(-c3ccccc3)cc(-c3ccc4c(c3)C3(c5ccccc5O4)c4ccccc4-c4ccccc43)n2)C=C1. The molecule has 1 aromatic heterocycles. The standard InChI is InChI=1S/C41H28N2O/c1-3-13-27(14-4-1)36-26-37(43-40(42-36)28-15-5-2-6-16-28)29-23-24-39-35(25-29)41(34-21-11-12-22-38(34)44-39)32-19-9-7-17-30(32)31-18-8-10-20-33(31)41/h1-15,17-26,28H,16H2. The van der Waals surface area contributed by atoms with E-state index >= 15 is 0 Å². The molecule has 5 aromatic carbocycles. The van der Waals surface area contributed by atoms with Gasteiger partial charge in [0, 0.05) is 28.2 Å². The Morgan fingerprint density at radius 1 is 0.545 bits per heavy atom. The predicted molar refractivity (Wildman–Crippen MR) is 176 cm³/mol. The Morgan fingerprint density at radius 2 is 1.18 bits per heavy atom. The van der Waals surface area contributed by atoms with E-state index in [1.54, 1.807) is 0 Å². The molecule has 1 atom stereocenters. The van der Waals surface area contributed by atoms with Gasteiger partial charge in [0.15, 0.2) is 0 Å². The zero-order valence-electron chi connectivity index (χ0n) is 24.0. The van der Waals surface area contributed by atoms with Crippen molar-refractivity contribution in [2.45, 2.75) is 17.8 Å². The maximum absolute atomic E-state index is 6.65. The molecule has 9 rings (SSSR count). The highest BCUT2D eigenvalue weighted by Crippen LogP contribution is 2.62. The van der Waals surface area contributed by atoms with E-state index in [9.17, 15) is 0 Å². The van der Waals surface area contributed by atoms with E-state index < -0.39 is 5.41 Å². The zero-order valence-corrected chi connectivity index (χ0v) is 24.0. The lowest BCUT2D eigenvalue weighted by Gasteiger charge is -2.39. The number of hydrogen-bond donors (Lipinski definition) is 0. The first-order chi connectivity index (χ1) is 21.8. The summed E-state index contributed by atoms with van der Waals surface area (Å²) in [5.41, 5.74) is 10.8. The fourth-order valence-electron chi connectivity index (χ4n) is 7.32. The van der Waals surface area contributed by atoms with E-state index in [0.717, 1.165) is 57.4 Å². The Balaban J connectivity index is 1.31. The summed E-state index contributed by atoms with van der Waals surface area (Å²) in [5.74, 6) is 2.74. The van der Waals surface area contributed by atoms with Crippen molar-refractivity contribution in [2.75, 3.05) is 0 Å². The lowest BCUT2D eigenvalue weighted by Crippen LogP contribution is -2.32. The van der Waals surface area contributed by atoms with Crippen LogP contribution in [0.1, 0.15) is 40.4 Å². The number of aromatic nitrogens is 2. The summed E-state index contributed by atoms with van der Waals surface area (Å²) < 4.78 is 6.65. The second-order valence-electron chi connectivity index (χ2n) is 11.7. The number of nitrogens with zero attached hydrogens (tertiary/aromatic N) is 2. The largest absolute Gasteiger partial charge is 0.457 e. The molecule has 6 aromatic rings. The van der Waals surface area contributed by atoms with Crippen LogP contribution in [-0.2, 0) is 5.41 Å². The normalized spacial score (nSPS) is 16.5. The van der Waals surface area contributed by atoms with Gasteiger partial charge in [0.1, 0.15) is 17.3 Å². The summed E-state index contributed by atoms with van der Waals surface area (Å²) >= 11 is 0. The van der Waals surface area contributed by atoms with E-state index in [-0.39, 0.29) is 5.92 Å². The van der Waals surface area contributed by atoms with Crippen LogP contribution in [-0.4, -0.2) is 9.97 Å². The maximum Gasteiger partial charge on any atom is 0.136 e. The minimum Gasteiger partial charge on any atom is -0.457 e. The minimum absolute atomic E-state index is 0.134. The third kappa shape index (κ3) is 3.62. The van der Waals surface area contributed by atoms with Crippen LogP contribution in [0.2, 0.25) is 0 Å². The Morgan fingerprint density at radius 3 is 1.91 bits per heavy atom. The van der Waals surface area contributed by atoms with Crippen molar-refractivity contribution in [1.29, 1.82) is 0 Å². The summed E-state index contributed by atoms with van der Waals surface area (Å²) in [6, 6.07) is 45.3. The molecule has 3 aliphatic rings.